The fraction of sp³-hybridized carbons (Fsp3) is 0.673. The van der Waals surface area contributed by atoms with Gasteiger partial charge < -0.3 is 20.1 Å². The number of allylic oxidation sites excluding steroid dienone is 14. The van der Waals surface area contributed by atoms with Gasteiger partial charge in [0.1, 0.15) is 6.61 Å². The molecular formula is C49H84NO8P. The van der Waals surface area contributed by atoms with Crippen LogP contribution in [0.1, 0.15) is 181 Å². The van der Waals surface area contributed by atoms with Gasteiger partial charge in [-0.1, -0.05) is 163 Å². The zero-order chi connectivity index (χ0) is 43.2. The van der Waals surface area contributed by atoms with Crippen LogP contribution in [0, 0.1) is 0 Å². The van der Waals surface area contributed by atoms with E-state index < -0.39 is 32.5 Å². The first kappa shape index (κ1) is 56.2. The molecule has 3 N–H and O–H groups in total. The molecule has 0 saturated heterocycles. The molecule has 338 valence electrons. The summed E-state index contributed by atoms with van der Waals surface area (Å²) in [6.07, 6.45) is 56.1. The maximum absolute atomic E-state index is 12.6. The van der Waals surface area contributed by atoms with Gasteiger partial charge >= 0.3 is 19.8 Å². The Bertz CT molecular complexity index is 1240. The van der Waals surface area contributed by atoms with Crippen LogP contribution in [-0.4, -0.2) is 49.3 Å². The van der Waals surface area contributed by atoms with Crippen molar-refractivity contribution in [3.05, 3.63) is 85.1 Å². The summed E-state index contributed by atoms with van der Waals surface area (Å²) < 4.78 is 32.8. The van der Waals surface area contributed by atoms with Crippen molar-refractivity contribution in [3.63, 3.8) is 0 Å². The number of hydrogen-bond donors (Lipinski definition) is 2. The van der Waals surface area contributed by atoms with Crippen molar-refractivity contribution >= 4 is 19.8 Å². The van der Waals surface area contributed by atoms with Gasteiger partial charge in [-0.05, 0) is 89.9 Å². The standard InChI is InChI=1S/C49H84NO8P/c1-3-5-7-9-11-13-15-17-19-21-23-25-27-29-31-33-35-37-39-41-48(51)55-45-47(46-57-59(53,54)56-44-43-50)58-49(52)42-40-38-36-34-32-30-28-26-24-22-20-18-16-14-12-10-8-6-4-2/h5,7,11-14,17-20,23,25,29,31,47H,3-4,6,8-10,15-16,21-22,24,26-28,30,32-46,50H2,1-2H3,(H,53,54)/b7-5-,13-11-,14-12-,19-17-,20-18-,25-23-,31-29-/t47-/m1/s1. The lowest BCUT2D eigenvalue weighted by atomic mass is 10.1. The topological polar surface area (TPSA) is 134 Å². The first-order valence-electron chi connectivity index (χ1n) is 23.1. The molecule has 0 bridgehead atoms. The number of nitrogens with two attached hydrogens (primary N) is 1. The molecule has 0 radical (unpaired) electrons. The summed E-state index contributed by atoms with van der Waals surface area (Å²) in [6.45, 7) is 3.54. The number of esters is 2. The lowest BCUT2D eigenvalue weighted by Crippen LogP contribution is -2.29. The lowest BCUT2D eigenvalue weighted by Gasteiger charge is -2.19. The Balaban J connectivity index is 4.20. The molecule has 0 aromatic carbocycles. The zero-order valence-electron chi connectivity index (χ0n) is 37.2. The van der Waals surface area contributed by atoms with E-state index in [-0.39, 0.29) is 32.6 Å². The molecule has 0 aromatic heterocycles. The molecule has 0 rings (SSSR count). The van der Waals surface area contributed by atoms with E-state index in [9.17, 15) is 19.0 Å². The highest BCUT2D eigenvalue weighted by Crippen LogP contribution is 2.43. The lowest BCUT2D eigenvalue weighted by molar-refractivity contribution is -0.161. The van der Waals surface area contributed by atoms with Crippen LogP contribution in [0.4, 0.5) is 0 Å². The minimum Gasteiger partial charge on any atom is -0.462 e. The number of carbonyl (C=O) groups excluding carboxylic acids is 2. The third-order valence-electron chi connectivity index (χ3n) is 9.27. The molecule has 0 aliphatic carbocycles. The highest BCUT2D eigenvalue weighted by molar-refractivity contribution is 7.47. The van der Waals surface area contributed by atoms with E-state index in [4.69, 9.17) is 24.3 Å². The largest absolute Gasteiger partial charge is 0.472 e. The fourth-order valence-corrected chi connectivity index (χ4v) is 6.63. The van der Waals surface area contributed by atoms with Crippen LogP contribution in [0.5, 0.6) is 0 Å². The van der Waals surface area contributed by atoms with Crippen LogP contribution in [0.25, 0.3) is 0 Å². The number of ether oxygens (including phenoxy) is 2. The third-order valence-corrected chi connectivity index (χ3v) is 10.2. The van der Waals surface area contributed by atoms with Crippen molar-refractivity contribution in [2.24, 2.45) is 5.73 Å². The maximum atomic E-state index is 12.6. The van der Waals surface area contributed by atoms with Gasteiger partial charge in [-0.2, -0.15) is 0 Å². The molecule has 0 aliphatic heterocycles. The summed E-state index contributed by atoms with van der Waals surface area (Å²) in [7, 11) is -4.39. The average Bonchev–Trinajstić information content (AvgIpc) is 3.22. The van der Waals surface area contributed by atoms with Crippen molar-refractivity contribution in [1.29, 1.82) is 0 Å². The predicted molar refractivity (Wildman–Crippen MR) is 247 cm³/mol. The maximum Gasteiger partial charge on any atom is 0.472 e. The van der Waals surface area contributed by atoms with Crippen molar-refractivity contribution < 1.29 is 37.6 Å². The van der Waals surface area contributed by atoms with E-state index >= 15 is 0 Å². The molecule has 10 heteroatoms. The molecule has 0 aromatic rings. The quantitative estimate of drug-likeness (QED) is 0.0266. The van der Waals surface area contributed by atoms with Gasteiger partial charge in [-0.3, -0.25) is 18.6 Å². The van der Waals surface area contributed by atoms with Crippen LogP contribution in [-0.2, 0) is 32.7 Å². The minimum absolute atomic E-state index is 0.0435. The average molecular weight is 846 g/mol. The van der Waals surface area contributed by atoms with Crippen LogP contribution >= 0.6 is 7.82 Å². The molecular weight excluding hydrogens is 762 g/mol. The SMILES string of the molecule is CC/C=C\C/C=C\C/C=C\C/C=C\C/C=C\CCCCCC(=O)OC[C@H](COP(=O)(O)OCCN)OC(=O)CCCCCCCCCCC/C=C\C/C=C\CCCCC. The first-order valence-corrected chi connectivity index (χ1v) is 24.6. The predicted octanol–water partition coefficient (Wildman–Crippen LogP) is 13.6. The Kier molecular flexibility index (Phi) is 42.6. The Hall–Kier alpha value is -2.81. The molecule has 0 fully saturated rings. The van der Waals surface area contributed by atoms with E-state index in [1.54, 1.807) is 0 Å². The highest BCUT2D eigenvalue weighted by atomic mass is 31.2. The summed E-state index contributed by atoms with van der Waals surface area (Å²) in [5.41, 5.74) is 5.35. The zero-order valence-corrected chi connectivity index (χ0v) is 38.1. The van der Waals surface area contributed by atoms with E-state index in [2.05, 4.69) is 98.9 Å². The van der Waals surface area contributed by atoms with Gasteiger partial charge in [0.25, 0.3) is 0 Å². The Labute approximate surface area is 360 Å². The second-order valence-corrected chi connectivity index (χ2v) is 16.3. The number of phosphoric acid groups is 1. The number of hydrogen-bond acceptors (Lipinski definition) is 8. The van der Waals surface area contributed by atoms with Gasteiger partial charge in [-0.25, -0.2) is 4.57 Å². The molecule has 9 nitrogen and oxygen atoms in total. The van der Waals surface area contributed by atoms with Gasteiger partial charge in [0.2, 0.25) is 0 Å². The molecule has 0 spiro atoms. The Morgan fingerprint density at radius 1 is 0.525 bits per heavy atom. The number of carbonyl (C=O) groups is 2. The normalized spacial score (nSPS) is 14.0. The summed E-state index contributed by atoms with van der Waals surface area (Å²) >= 11 is 0. The molecule has 59 heavy (non-hydrogen) atoms. The Morgan fingerprint density at radius 3 is 1.41 bits per heavy atom. The van der Waals surface area contributed by atoms with E-state index in [0.717, 1.165) is 83.5 Å². The molecule has 1 unspecified atom stereocenters. The van der Waals surface area contributed by atoms with E-state index in [0.29, 0.717) is 12.8 Å². The molecule has 0 heterocycles. The van der Waals surface area contributed by atoms with Gasteiger partial charge in [0.05, 0.1) is 13.2 Å². The van der Waals surface area contributed by atoms with Gasteiger partial charge in [0, 0.05) is 19.4 Å². The second kappa shape index (κ2) is 44.7. The van der Waals surface area contributed by atoms with Crippen molar-refractivity contribution in [3.8, 4) is 0 Å². The van der Waals surface area contributed by atoms with Crippen LogP contribution in [0.2, 0.25) is 0 Å². The fourth-order valence-electron chi connectivity index (χ4n) is 5.87. The van der Waals surface area contributed by atoms with E-state index in [1.807, 2.05) is 0 Å². The summed E-state index contributed by atoms with van der Waals surface area (Å²) in [6, 6.07) is 0. The number of unbranched alkanes of at least 4 members (excludes halogenated alkanes) is 15. The monoisotopic (exact) mass is 846 g/mol. The summed E-state index contributed by atoms with van der Waals surface area (Å²) in [5, 5.41) is 0. The van der Waals surface area contributed by atoms with Crippen molar-refractivity contribution in [1.82, 2.24) is 0 Å². The van der Waals surface area contributed by atoms with Crippen LogP contribution in [0.3, 0.4) is 0 Å². The number of rotatable bonds is 42. The van der Waals surface area contributed by atoms with Crippen molar-refractivity contribution in [2.45, 2.75) is 187 Å². The molecule has 2 atom stereocenters. The molecule has 0 aliphatic rings. The minimum atomic E-state index is -4.39. The van der Waals surface area contributed by atoms with Gasteiger partial charge in [-0.15, -0.1) is 0 Å². The van der Waals surface area contributed by atoms with E-state index in [1.165, 1.54) is 57.8 Å². The van der Waals surface area contributed by atoms with Crippen LogP contribution < -0.4 is 5.73 Å². The molecule has 0 amide bonds. The Morgan fingerprint density at radius 2 is 0.932 bits per heavy atom. The first-order chi connectivity index (χ1) is 28.8. The molecule has 0 saturated carbocycles. The summed E-state index contributed by atoms with van der Waals surface area (Å²) in [4.78, 5) is 35.0. The van der Waals surface area contributed by atoms with Crippen LogP contribution in [0.15, 0.2) is 85.1 Å². The second-order valence-electron chi connectivity index (χ2n) is 14.9. The highest BCUT2D eigenvalue weighted by Gasteiger charge is 2.26. The summed E-state index contributed by atoms with van der Waals surface area (Å²) in [5.74, 6) is -0.877. The smallest absolute Gasteiger partial charge is 0.462 e. The third kappa shape index (κ3) is 44.6. The van der Waals surface area contributed by atoms with Gasteiger partial charge in [0.15, 0.2) is 6.10 Å². The number of phosphoric ester groups is 1. The van der Waals surface area contributed by atoms with Crippen molar-refractivity contribution in [2.75, 3.05) is 26.4 Å².